The Morgan fingerprint density at radius 3 is 2.40 bits per heavy atom. The standard InChI is InChI=1S/C27H35ClN4O3/c1-8-18(2)31(26(33)29-27(4,5)6)17-24-19(3)30-32(21-11-9-10-20(28)16-21)25(24)35-23-14-12-22(34-7)13-15-23/h9-16,18H,8,17H2,1-7H3,(H,29,33)/t18-/m0/s1. The summed E-state index contributed by atoms with van der Waals surface area (Å²) in [6, 6.07) is 14.7. The molecule has 0 aliphatic heterocycles. The molecule has 0 bridgehead atoms. The van der Waals surface area contributed by atoms with Crippen molar-refractivity contribution in [1.29, 1.82) is 0 Å². The van der Waals surface area contributed by atoms with Gasteiger partial charge in [0.15, 0.2) is 0 Å². The first-order valence-electron chi connectivity index (χ1n) is 11.8. The van der Waals surface area contributed by atoms with Crippen LogP contribution in [-0.2, 0) is 6.54 Å². The highest BCUT2D eigenvalue weighted by molar-refractivity contribution is 6.30. The second kappa shape index (κ2) is 11.0. The molecule has 1 N–H and O–H groups in total. The predicted octanol–water partition coefficient (Wildman–Crippen LogP) is 6.74. The molecule has 8 heteroatoms. The van der Waals surface area contributed by atoms with E-state index in [2.05, 4.69) is 12.2 Å². The normalized spacial score (nSPS) is 12.2. The Kier molecular flexibility index (Phi) is 8.33. The lowest BCUT2D eigenvalue weighted by Gasteiger charge is -2.32. The number of urea groups is 1. The van der Waals surface area contributed by atoms with Gasteiger partial charge in [-0.3, -0.25) is 0 Å². The van der Waals surface area contributed by atoms with E-state index in [1.54, 1.807) is 11.8 Å². The molecule has 0 aliphatic rings. The number of nitrogens with zero attached hydrogens (tertiary/aromatic N) is 3. The number of halogens is 1. The van der Waals surface area contributed by atoms with E-state index in [4.69, 9.17) is 26.2 Å². The van der Waals surface area contributed by atoms with Crippen LogP contribution in [0.4, 0.5) is 4.79 Å². The minimum atomic E-state index is -0.356. The number of amides is 2. The van der Waals surface area contributed by atoms with Crippen molar-refractivity contribution in [2.45, 2.75) is 66.1 Å². The molecule has 0 spiro atoms. The molecule has 0 fully saturated rings. The smallest absolute Gasteiger partial charge is 0.318 e. The average molecular weight is 499 g/mol. The van der Waals surface area contributed by atoms with Crippen molar-refractivity contribution in [2.75, 3.05) is 7.11 Å². The van der Waals surface area contributed by atoms with Gasteiger partial charge in [-0.05, 0) is 83.5 Å². The summed E-state index contributed by atoms with van der Waals surface area (Å²) < 4.78 is 13.4. The van der Waals surface area contributed by atoms with Gasteiger partial charge in [0.25, 0.3) is 0 Å². The number of aryl methyl sites for hydroxylation is 1. The third kappa shape index (κ3) is 6.69. The highest BCUT2D eigenvalue weighted by Crippen LogP contribution is 2.33. The number of carbonyl (C=O) groups is 1. The molecule has 3 aromatic rings. The van der Waals surface area contributed by atoms with Crippen LogP contribution in [0.3, 0.4) is 0 Å². The number of nitrogens with one attached hydrogen (secondary N) is 1. The van der Waals surface area contributed by atoms with Crippen molar-refractivity contribution in [2.24, 2.45) is 0 Å². The largest absolute Gasteiger partial charge is 0.497 e. The third-order valence-electron chi connectivity index (χ3n) is 5.66. The Labute approximate surface area is 213 Å². The van der Waals surface area contributed by atoms with Crippen LogP contribution in [0, 0.1) is 6.92 Å². The summed E-state index contributed by atoms with van der Waals surface area (Å²) in [4.78, 5) is 15.1. The van der Waals surface area contributed by atoms with Crippen LogP contribution in [0.2, 0.25) is 5.02 Å². The molecular weight excluding hydrogens is 464 g/mol. The van der Waals surface area contributed by atoms with Crippen LogP contribution in [0.15, 0.2) is 48.5 Å². The molecule has 3 rings (SSSR count). The summed E-state index contributed by atoms with van der Waals surface area (Å²) >= 11 is 6.28. The number of hydrogen-bond donors (Lipinski definition) is 1. The van der Waals surface area contributed by atoms with E-state index < -0.39 is 0 Å². The van der Waals surface area contributed by atoms with Crippen LogP contribution in [0.1, 0.15) is 52.3 Å². The van der Waals surface area contributed by atoms with E-state index in [0.29, 0.717) is 23.2 Å². The number of hydrogen-bond acceptors (Lipinski definition) is 4. The molecule has 7 nitrogen and oxygen atoms in total. The molecule has 0 aliphatic carbocycles. The second-order valence-corrected chi connectivity index (χ2v) is 10.0. The number of methoxy groups -OCH3 is 1. The van der Waals surface area contributed by atoms with Gasteiger partial charge in [0, 0.05) is 16.6 Å². The second-order valence-electron chi connectivity index (χ2n) is 9.60. The monoisotopic (exact) mass is 498 g/mol. The molecule has 1 aromatic heterocycles. The number of rotatable bonds is 8. The third-order valence-corrected chi connectivity index (χ3v) is 5.89. The van der Waals surface area contributed by atoms with Gasteiger partial charge in [0.1, 0.15) is 11.5 Å². The van der Waals surface area contributed by atoms with Crippen LogP contribution >= 0.6 is 11.6 Å². The zero-order chi connectivity index (χ0) is 25.8. The number of benzene rings is 2. The lowest BCUT2D eigenvalue weighted by atomic mass is 10.1. The minimum absolute atomic E-state index is 0.0140. The van der Waals surface area contributed by atoms with Gasteiger partial charge < -0.3 is 19.7 Å². The Bertz CT molecular complexity index is 1150. The summed E-state index contributed by atoms with van der Waals surface area (Å²) in [7, 11) is 1.62. The van der Waals surface area contributed by atoms with E-state index in [-0.39, 0.29) is 17.6 Å². The molecule has 35 heavy (non-hydrogen) atoms. The summed E-state index contributed by atoms with van der Waals surface area (Å²) in [6.45, 7) is 12.3. The zero-order valence-electron chi connectivity index (χ0n) is 21.6. The van der Waals surface area contributed by atoms with Crippen molar-refractivity contribution < 1.29 is 14.3 Å². The van der Waals surface area contributed by atoms with Crippen molar-refractivity contribution in [3.8, 4) is 23.1 Å². The van der Waals surface area contributed by atoms with Crippen LogP contribution in [0.5, 0.6) is 17.4 Å². The first kappa shape index (κ1) is 26.4. The van der Waals surface area contributed by atoms with Crippen LogP contribution in [-0.4, -0.2) is 39.4 Å². The van der Waals surface area contributed by atoms with Gasteiger partial charge in [-0.25, -0.2) is 9.48 Å². The van der Waals surface area contributed by atoms with Crippen molar-refractivity contribution in [1.82, 2.24) is 20.0 Å². The Balaban J connectivity index is 2.08. The van der Waals surface area contributed by atoms with E-state index in [0.717, 1.165) is 29.1 Å². The molecular formula is C27H35ClN4O3. The molecule has 0 radical (unpaired) electrons. The van der Waals surface area contributed by atoms with Gasteiger partial charge in [0.2, 0.25) is 5.88 Å². The van der Waals surface area contributed by atoms with Gasteiger partial charge in [0.05, 0.1) is 30.6 Å². The molecule has 0 saturated carbocycles. The molecule has 188 valence electrons. The maximum atomic E-state index is 13.3. The SMILES string of the molecule is CC[C@H](C)N(Cc1c(C)nn(-c2cccc(Cl)c2)c1Oc1ccc(OC)cc1)C(=O)NC(C)(C)C. The van der Waals surface area contributed by atoms with E-state index >= 15 is 0 Å². The van der Waals surface area contributed by atoms with Crippen LogP contribution in [0.25, 0.3) is 5.69 Å². The quantitative estimate of drug-likeness (QED) is 0.373. The van der Waals surface area contributed by atoms with E-state index in [1.165, 1.54) is 0 Å². The first-order valence-corrected chi connectivity index (χ1v) is 12.1. The minimum Gasteiger partial charge on any atom is -0.497 e. The van der Waals surface area contributed by atoms with Gasteiger partial charge in [-0.15, -0.1) is 0 Å². The maximum Gasteiger partial charge on any atom is 0.318 e. The lowest BCUT2D eigenvalue weighted by molar-refractivity contribution is 0.164. The molecule has 0 unspecified atom stereocenters. The van der Waals surface area contributed by atoms with Gasteiger partial charge >= 0.3 is 6.03 Å². The number of carbonyl (C=O) groups excluding carboxylic acids is 1. The Hall–Kier alpha value is -3.19. The molecule has 1 heterocycles. The maximum absolute atomic E-state index is 13.3. The number of ether oxygens (including phenoxy) is 2. The summed E-state index contributed by atoms with van der Waals surface area (Å²) in [5, 5.41) is 8.46. The van der Waals surface area contributed by atoms with E-state index in [9.17, 15) is 4.79 Å². The molecule has 1 atom stereocenters. The fourth-order valence-electron chi connectivity index (χ4n) is 3.57. The lowest BCUT2D eigenvalue weighted by Crippen LogP contribution is -2.50. The van der Waals surface area contributed by atoms with Crippen molar-refractivity contribution in [3.63, 3.8) is 0 Å². The molecule has 2 amide bonds. The highest BCUT2D eigenvalue weighted by Gasteiger charge is 2.28. The summed E-state index contributed by atoms with van der Waals surface area (Å²) in [5.41, 5.74) is 2.01. The van der Waals surface area contributed by atoms with Crippen molar-refractivity contribution >= 4 is 17.6 Å². The van der Waals surface area contributed by atoms with Gasteiger partial charge in [-0.2, -0.15) is 5.10 Å². The molecule has 0 saturated heterocycles. The topological polar surface area (TPSA) is 68.6 Å². The summed E-state index contributed by atoms with van der Waals surface area (Å²) in [6.07, 6.45) is 0.813. The predicted molar refractivity (Wildman–Crippen MR) is 140 cm³/mol. The summed E-state index contributed by atoms with van der Waals surface area (Å²) in [5.74, 6) is 1.90. The zero-order valence-corrected chi connectivity index (χ0v) is 22.3. The number of aromatic nitrogens is 2. The Morgan fingerprint density at radius 2 is 1.83 bits per heavy atom. The van der Waals surface area contributed by atoms with Gasteiger partial charge in [-0.1, -0.05) is 24.6 Å². The van der Waals surface area contributed by atoms with Crippen molar-refractivity contribution in [3.05, 3.63) is 64.8 Å². The van der Waals surface area contributed by atoms with E-state index in [1.807, 2.05) is 88.0 Å². The Morgan fingerprint density at radius 1 is 1.17 bits per heavy atom. The fraction of sp³-hybridized carbons (Fsp3) is 0.407. The average Bonchev–Trinajstić information content (AvgIpc) is 3.11. The fourth-order valence-corrected chi connectivity index (χ4v) is 3.76. The first-order chi connectivity index (χ1) is 16.5. The molecule has 2 aromatic carbocycles. The highest BCUT2D eigenvalue weighted by atomic mass is 35.5. The van der Waals surface area contributed by atoms with Crippen LogP contribution < -0.4 is 14.8 Å².